The van der Waals surface area contributed by atoms with Gasteiger partial charge in [0.2, 0.25) is 11.8 Å². The Bertz CT molecular complexity index is 1090. The van der Waals surface area contributed by atoms with Gasteiger partial charge in [0.1, 0.15) is 12.4 Å². The van der Waals surface area contributed by atoms with E-state index in [9.17, 15) is 13.2 Å². The Kier molecular flexibility index (Phi) is 5.03. The van der Waals surface area contributed by atoms with Crippen molar-refractivity contribution in [3.63, 3.8) is 0 Å². The number of halogens is 3. The van der Waals surface area contributed by atoms with Crippen molar-refractivity contribution in [1.29, 1.82) is 0 Å². The van der Waals surface area contributed by atoms with E-state index in [1.54, 1.807) is 30.3 Å². The van der Waals surface area contributed by atoms with Crippen LogP contribution in [0, 0.1) is 0 Å². The summed E-state index contributed by atoms with van der Waals surface area (Å²) in [6, 6.07) is 21.4. The topological polar surface area (TPSA) is 48.2 Å². The number of benzene rings is 3. The lowest BCUT2D eigenvalue weighted by Crippen LogP contribution is -2.06. The lowest BCUT2D eigenvalue weighted by atomic mass is 10.1. The summed E-state index contributed by atoms with van der Waals surface area (Å²) in [6.07, 6.45) is -4.37. The van der Waals surface area contributed by atoms with Gasteiger partial charge in [0.25, 0.3) is 0 Å². The molecule has 4 nitrogen and oxygen atoms in total. The second-order valence-corrected chi connectivity index (χ2v) is 6.29. The van der Waals surface area contributed by atoms with E-state index < -0.39 is 11.7 Å². The van der Waals surface area contributed by atoms with Crippen molar-refractivity contribution < 1.29 is 22.3 Å². The van der Waals surface area contributed by atoms with Crippen LogP contribution in [0.4, 0.5) is 13.2 Å². The molecule has 4 rings (SSSR count). The minimum Gasteiger partial charge on any atom is -0.489 e. The van der Waals surface area contributed by atoms with Gasteiger partial charge in [-0.3, -0.25) is 0 Å². The Morgan fingerprint density at radius 1 is 0.759 bits per heavy atom. The first-order chi connectivity index (χ1) is 14.0. The summed E-state index contributed by atoms with van der Waals surface area (Å²) < 4.78 is 49.6. The number of aromatic nitrogens is 2. The van der Waals surface area contributed by atoms with Gasteiger partial charge in [0.05, 0.1) is 5.56 Å². The van der Waals surface area contributed by atoms with Gasteiger partial charge in [-0.05, 0) is 54.1 Å². The van der Waals surface area contributed by atoms with Crippen molar-refractivity contribution in [2.45, 2.75) is 12.8 Å². The summed E-state index contributed by atoms with van der Waals surface area (Å²) in [5.74, 6) is 1.31. The average molecular weight is 396 g/mol. The number of hydrogen-bond acceptors (Lipinski definition) is 4. The molecular weight excluding hydrogens is 381 g/mol. The van der Waals surface area contributed by atoms with Gasteiger partial charge < -0.3 is 9.15 Å². The fourth-order valence-electron chi connectivity index (χ4n) is 2.74. The van der Waals surface area contributed by atoms with Crippen LogP contribution in [0.1, 0.15) is 11.1 Å². The maximum atomic E-state index is 12.8. The summed E-state index contributed by atoms with van der Waals surface area (Å²) in [6.45, 7) is 0.0297. The van der Waals surface area contributed by atoms with Crippen LogP contribution in [-0.2, 0) is 12.8 Å². The molecule has 0 spiro atoms. The Hall–Kier alpha value is -3.61. The molecule has 4 aromatic rings. The van der Waals surface area contributed by atoms with Crippen molar-refractivity contribution in [3.05, 3.63) is 90.0 Å². The number of alkyl halides is 3. The van der Waals surface area contributed by atoms with Gasteiger partial charge in [0, 0.05) is 11.1 Å². The highest BCUT2D eigenvalue weighted by Gasteiger charge is 2.30. The maximum Gasteiger partial charge on any atom is 0.416 e. The van der Waals surface area contributed by atoms with Crippen molar-refractivity contribution in [3.8, 4) is 28.7 Å². The molecule has 0 aliphatic heterocycles. The molecule has 0 radical (unpaired) electrons. The van der Waals surface area contributed by atoms with Crippen LogP contribution in [-0.4, -0.2) is 10.2 Å². The van der Waals surface area contributed by atoms with Crippen molar-refractivity contribution in [2.75, 3.05) is 0 Å². The van der Waals surface area contributed by atoms with Crippen molar-refractivity contribution in [2.24, 2.45) is 0 Å². The first-order valence-corrected chi connectivity index (χ1v) is 8.77. The quantitative estimate of drug-likeness (QED) is 0.415. The molecule has 0 amide bonds. The largest absolute Gasteiger partial charge is 0.489 e. The lowest BCUT2D eigenvalue weighted by Gasteiger charge is -2.10. The van der Waals surface area contributed by atoms with E-state index in [1.165, 1.54) is 6.07 Å². The van der Waals surface area contributed by atoms with E-state index in [0.717, 1.165) is 17.7 Å². The summed E-state index contributed by atoms with van der Waals surface area (Å²) in [7, 11) is 0. The summed E-state index contributed by atoms with van der Waals surface area (Å²) >= 11 is 0. The molecule has 0 N–H and O–H groups in total. The molecule has 0 saturated carbocycles. The molecule has 0 saturated heterocycles. The lowest BCUT2D eigenvalue weighted by molar-refractivity contribution is -0.137. The third-order valence-corrected chi connectivity index (χ3v) is 4.21. The van der Waals surface area contributed by atoms with Crippen molar-refractivity contribution >= 4 is 0 Å². The predicted molar refractivity (Wildman–Crippen MR) is 101 cm³/mol. The molecule has 1 heterocycles. The first kappa shape index (κ1) is 18.7. The molecule has 0 aliphatic carbocycles. The van der Waals surface area contributed by atoms with E-state index in [4.69, 9.17) is 9.15 Å². The van der Waals surface area contributed by atoms with E-state index in [1.807, 2.05) is 30.3 Å². The molecule has 1 aromatic heterocycles. The highest BCUT2D eigenvalue weighted by Crippen LogP contribution is 2.30. The zero-order chi connectivity index (χ0) is 20.3. The molecule has 3 aromatic carbocycles. The molecule has 0 unspecified atom stereocenters. The molecule has 146 valence electrons. The van der Waals surface area contributed by atoms with Gasteiger partial charge >= 0.3 is 6.18 Å². The normalized spacial score (nSPS) is 11.4. The second kappa shape index (κ2) is 7.79. The van der Waals surface area contributed by atoms with Gasteiger partial charge in [-0.2, -0.15) is 13.2 Å². The molecule has 0 aliphatic rings. The minimum absolute atomic E-state index is 0.0297. The average Bonchev–Trinajstić information content (AvgIpc) is 3.23. The van der Waals surface area contributed by atoms with Gasteiger partial charge in [-0.1, -0.05) is 30.3 Å². The van der Waals surface area contributed by atoms with Gasteiger partial charge in [-0.25, -0.2) is 0 Å². The van der Waals surface area contributed by atoms with Crippen LogP contribution in [0.3, 0.4) is 0 Å². The predicted octanol–water partition coefficient (Wildman–Crippen LogP) is 6.00. The standard InChI is InChI=1S/C22H15F3N2O2/c23-22(24,25)18-8-4-5-15(13-18)14-28-19-11-9-17(10-12-19)21-27-26-20(29-21)16-6-2-1-3-7-16/h1-13H,14H2. The third-order valence-electron chi connectivity index (χ3n) is 4.21. The Labute approximate surface area is 164 Å². The second-order valence-electron chi connectivity index (χ2n) is 6.29. The first-order valence-electron chi connectivity index (χ1n) is 8.77. The molecule has 7 heteroatoms. The van der Waals surface area contributed by atoms with Gasteiger partial charge in [0.15, 0.2) is 0 Å². The van der Waals surface area contributed by atoms with Crippen LogP contribution < -0.4 is 4.74 Å². The molecule has 0 bridgehead atoms. The number of hydrogen-bond donors (Lipinski definition) is 0. The van der Waals surface area contributed by atoms with E-state index in [2.05, 4.69) is 10.2 Å². The van der Waals surface area contributed by atoms with E-state index in [0.29, 0.717) is 28.7 Å². The Morgan fingerprint density at radius 3 is 2.07 bits per heavy atom. The highest BCUT2D eigenvalue weighted by molar-refractivity contribution is 5.58. The summed E-state index contributed by atoms with van der Waals surface area (Å²) in [5.41, 5.74) is 1.28. The molecule has 0 atom stereocenters. The van der Waals surface area contributed by atoms with Crippen LogP contribution in [0.5, 0.6) is 5.75 Å². The van der Waals surface area contributed by atoms with Crippen LogP contribution >= 0.6 is 0 Å². The SMILES string of the molecule is FC(F)(F)c1cccc(COc2ccc(-c3nnc(-c4ccccc4)o3)cc2)c1. The van der Waals surface area contributed by atoms with Crippen LogP contribution in [0.15, 0.2) is 83.3 Å². The maximum absolute atomic E-state index is 12.8. The molecule has 0 fully saturated rings. The number of ether oxygens (including phenoxy) is 1. The number of rotatable bonds is 5. The van der Waals surface area contributed by atoms with Gasteiger partial charge in [-0.15, -0.1) is 10.2 Å². The third kappa shape index (κ3) is 4.45. The summed E-state index contributed by atoms with van der Waals surface area (Å²) in [5, 5.41) is 8.10. The monoisotopic (exact) mass is 396 g/mol. The molecular formula is C22H15F3N2O2. The summed E-state index contributed by atoms with van der Waals surface area (Å²) in [4.78, 5) is 0. The Balaban J connectivity index is 1.43. The number of nitrogens with zero attached hydrogens (tertiary/aromatic N) is 2. The van der Waals surface area contributed by atoms with Crippen LogP contribution in [0.25, 0.3) is 22.9 Å². The van der Waals surface area contributed by atoms with Crippen LogP contribution in [0.2, 0.25) is 0 Å². The molecule has 29 heavy (non-hydrogen) atoms. The van der Waals surface area contributed by atoms with E-state index in [-0.39, 0.29) is 6.61 Å². The minimum atomic E-state index is -4.37. The Morgan fingerprint density at radius 2 is 1.41 bits per heavy atom. The zero-order valence-corrected chi connectivity index (χ0v) is 15.1. The van der Waals surface area contributed by atoms with E-state index >= 15 is 0 Å². The van der Waals surface area contributed by atoms with Crippen molar-refractivity contribution in [1.82, 2.24) is 10.2 Å². The zero-order valence-electron chi connectivity index (χ0n) is 15.1. The smallest absolute Gasteiger partial charge is 0.416 e. The highest BCUT2D eigenvalue weighted by atomic mass is 19.4. The fraction of sp³-hybridized carbons (Fsp3) is 0.0909. The fourth-order valence-corrected chi connectivity index (χ4v) is 2.74.